The lowest BCUT2D eigenvalue weighted by Crippen LogP contribution is -1.91. The minimum Gasteiger partial charge on any atom is -0.261 e. The summed E-state index contributed by atoms with van der Waals surface area (Å²) in [6, 6.07) is 0. The van der Waals surface area contributed by atoms with Crippen molar-refractivity contribution >= 4 is 8.25 Å². The Labute approximate surface area is 74.8 Å². The van der Waals surface area contributed by atoms with Gasteiger partial charge in [0.2, 0.25) is 0 Å². The van der Waals surface area contributed by atoms with Gasteiger partial charge in [-0.3, -0.25) is 5.10 Å². The first kappa shape index (κ1) is 12.1. The summed E-state index contributed by atoms with van der Waals surface area (Å²) in [6.07, 6.45) is 0.750. The molecule has 6 nitrogen and oxygen atoms in total. The van der Waals surface area contributed by atoms with Crippen molar-refractivity contribution in [2.75, 3.05) is 0 Å². The van der Waals surface area contributed by atoms with Gasteiger partial charge in [-0.05, 0) is 6.42 Å². The summed E-state index contributed by atoms with van der Waals surface area (Å²) >= 11 is 0. The highest BCUT2D eigenvalue weighted by atomic mass is 31.1. The molecule has 1 aromatic rings. The molecule has 13 heavy (non-hydrogen) atoms. The van der Waals surface area contributed by atoms with Crippen LogP contribution in [0, 0.1) is 0 Å². The normalized spacial score (nSPS) is 11.4. The first-order chi connectivity index (χ1) is 6.07. The van der Waals surface area contributed by atoms with E-state index in [0.29, 0.717) is 12.2 Å². The van der Waals surface area contributed by atoms with Crippen LogP contribution in [-0.2, 0) is 4.57 Å². The van der Waals surface area contributed by atoms with Gasteiger partial charge in [0.1, 0.15) is 6.33 Å². The first-order valence-electron chi connectivity index (χ1n) is 3.42. The number of halogens is 1. The van der Waals surface area contributed by atoms with E-state index < -0.39 is 14.4 Å². The van der Waals surface area contributed by atoms with Crippen molar-refractivity contribution in [3.05, 3.63) is 12.2 Å². The van der Waals surface area contributed by atoms with Crippen molar-refractivity contribution in [2.24, 2.45) is 0 Å². The molecule has 0 amide bonds. The summed E-state index contributed by atoms with van der Waals surface area (Å²) in [5, 5.41) is 5.97. The minimum atomic E-state index is -2.87. The van der Waals surface area contributed by atoms with E-state index in [4.69, 9.17) is 14.4 Å². The lowest BCUT2D eigenvalue weighted by atomic mass is 10.3. The van der Waals surface area contributed by atoms with E-state index in [0.717, 1.165) is 0 Å². The molecule has 74 valence electrons. The van der Waals surface area contributed by atoms with Crippen molar-refractivity contribution < 1.29 is 18.7 Å². The van der Waals surface area contributed by atoms with E-state index >= 15 is 0 Å². The van der Waals surface area contributed by atoms with E-state index in [1.54, 1.807) is 6.92 Å². The van der Waals surface area contributed by atoms with Gasteiger partial charge in [0.15, 0.2) is 12.0 Å². The van der Waals surface area contributed by atoms with Gasteiger partial charge in [0, 0.05) is 4.57 Å². The summed E-state index contributed by atoms with van der Waals surface area (Å²) in [5.74, 6) is 0.317. The predicted molar refractivity (Wildman–Crippen MR) is 42.6 cm³/mol. The molecular weight excluding hydrogens is 200 g/mol. The molecule has 3 N–H and O–H groups in total. The van der Waals surface area contributed by atoms with E-state index in [1.165, 1.54) is 6.33 Å². The van der Waals surface area contributed by atoms with Crippen molar-refractivity contribution in [3.63, 3.8) is 0 Å². The zero-order valence-corrected chi connectivity index (χ0v) is 7.78. The maximum atomic E-state index is 12.6. The molecule has 0 saturated carbocycles. The molecule has 1 rings (SSSR count). The SMILES string of the molecule is CCC(F)c1ncn[nH]1.O=[P+](O)O. The summed E-state index contributed by atoms with van der Waals surface area (Å²) in [6.45, 7) is 1.76. The zero-order chi connectivity index (χ0) is 10.3. The van der Waals surface area contributed by atoms with Crippen LogP contribution in [0.1, 0.15) is 25.3 Å². The number of alkyl halides is 1. The number of aromatic nitrogens is 3. The predicted octanol–water partition coefficient (Wildman–Crippen LogP) is 0.854. The van der Waals surface area contributed by atoms with Gasteiger partial charge in [-0.2, -0.15) is 5.10 Å². The first-order valence-corrected chi connectivity index (χ1v) is 4.58. The van der Waals surface area contributed by atoms with Crippen LogP contribution in [0.15, 0.2) is 6.33 Å². The minimum absolute atomic E-state index is 0.317. The number of rotatable bonds is 2. The molecule has 1 aromatic heterocycles. The Bertz CT molecular complexity index is 239. The highest BCUT2D eigenvalue weighted by Gasteiger charge is 2.07. The molecule has 0 fully saturated rings. The van der Waals surface area contributed by atoms with Crippen molar-refractivity contribution in [2.45, 2.75) is 19.5 Å². The van der Waals surface area contributed by atoms with Crippen molar-refractivity contribution in [1.82, 2.24) is 15.2 Å². The number of nitrogens with zero attached hydrogens (tertiary/aromatic N) is 2. The topological polar surface area (TPSA) is 99.1 Å². The van der Waals surface area contributed by atoms with Gasteiger partial charge in [-0.1, -0.05) is 6.92 Å². The second-order valence-corrected chi connectivity index (χ2v) is 2.50. The maximum Gasteiger partial charge on any atom is 0.692 e. The Morgan fingerprint density at radius 3 is 2.62 bits per heavy atom. The molecule has 0 radical (unpaired) electrons. The van der Waals surface area contributed by atoms with Crippen LogP contribution in [0.4, 0.5) is 4.39 Å². The van der Waals surface area contributed by atoms with Gasteiger partial charge in [0.05, 0.1) is 0 Å². The van der Waals surface area contributed by atoms with E-state index in [2.05, 4.69) is 15.2 Å². The molecule has 0 aromatic carbocycles. The molecule has 1 heterocycles. The standard InChI is InChI=1S/C5H8FN3.HO3P/c1-2-4(6)5-7-3-8-9-5;1-4(2)3/h3-4H,2H2,1H3,(H,7,8,9);(H-,1,2,3)/p+1. The molecule has 0 aliphatic heterocycles. The van der Waals surface area contributed by atoms with Crippen LogP contribution < -0.4 is 0 Å². The third kappa shape index (κ3) is 6.27. The molecule has 0 spiro atoms. The number of aromatic amines is 1. The zero-order valence-electron chi connectivity index (χ0n) is 6.88. The van der Waals surface area contributed by atoms with Crippen molar-refractivity contribution in [3.8, 4) is 0 Å². The third-order valence-corrected chi connectivity index (χ3v) is 1.09. The number of H-pyrrole nitrogens is 1. The molecular formula is C5H10FN3O3P+. The highest BCUT2D eigenvalue weighted by molar-refractivity contribution is 7.30. The lowest BCUT2D eigenvalue weighted by Gasteiger charge is -1.96. The summed E-state index contributed by atoms with van der Waals surface area (Å²) in [5.41, 5.74) is 0. The summed E-state index contributed by atoms with van der Waals surface area (Å²) in [4.78, 5) is 17.9. The Hall–Kier alpha value is -0.910. The fourth-order valence-electron chi connectivity index (χ4n) is 0.559. The molecule has 1 unspecified atom stereocenters. The van der Waals surface area contributed by atoms with Crippen LogP contribution in [0.2, 0.25) is 0 Å². The van der Waals surface area contributed by atoms with Crippen molar-refractivity contribution in [1.29, 1.82) is 0 Å². The average Bonchev–Trinajstić information content (AvgIpc) is 2.54. The van der Waals surface area contributed by atoms with E-state index in [1.807, 2.05) is 0 Å². The Morgan fingerprint density at radius 2 is 2.31 bits per heavy atom. The van der Waals surface area contributed by atoms with Gasteiger partial charge in [0.25, 0.3) is 0 Å². The van der Waals surface area contributed by atoms with Crippen LogP contribution in [0.5, 0.6) is 0 Å². The highest BCUT2D eigenvalue weighted by Crippen LogP contribution is 2.14. The van der Waals surface area contributed by atoms with Crippen LogP contribution >= 0.6 is 8.25 Å². The Balaban J connectivity index is 0.000000310. The van der Waals surface area contributed by atoms with Crippen LogP contribution in [-0.4, -0.2) is 25.0 Å². The van der Waals surface area contributed by atoms with E-state index in [9.17, 15) is 4.39 Å². The van der Waals surface area contributed by atoms with Gasteiger partial charge < -0.3 is 0 Å². The molecule has 0 bridgehead atoms. The average molecular weight is 210 g/mol. The summed E-state index contributed by atoms with van der Waals surface area (Å²) < 4.78 is 21.3. The van der Waals surface area contributed by atoms with Gasteiger partial charge in [-0.15, -0.1) is 9.79 Å². The van der Waals surface area contributed by atoms with Gasteiger partial charge in [-0.25, -0.2) is 9.37 Å². The largest absolute Gasteiger partial charge is 0.692 e. The molecule has 0 aliphatic carbocycles. The smallest absolute Gasteiger partial charge is 0.261 e. The fraction of sp³-hybridized carbons (Fsp3) is 0.600. The second-order valence-electron chi connectivity index (χ2n) is 2.00. The third-order valence-electron chi connectivity index (χ3n) is 1.09. The molecule has 1 atom stereocenters. The lowest BCUT2D eigenvalue weighted by molar-refractivity contribution is 0.319. The quantitative estimate of drug-likeness (QED) is 0.628. The molecule has 0 saturated heterocycles. The second kappa shape index (κ2) is 6.59. The van der Waals surface area contributed by atoms with Crippen LogP contribution in [0.25, 0.3) is 0 Å². The molecule has 8 heteroatoms. The Kier molecular flexibility index (Phi) is 6.13. The number of nitrogens with one attached hydrogen (secondary N) is 1. The monoisotopic (exact) mass is 210 g/mol. The number of hydrogen-bond acceptors (Lipinski definition) is 3. The molecule has 0 aliphatic rings. The fourth-order valence-corrected chi connectivity index (χ4v) is 0.559. The number of hydrogen-bond donors (Lipinski definition) is 3. The maximum absolute atomic E-state index is 12.6. The Morgan fingerprint density at radius 1 is 1.77 bits per heavy atom. The van der Waals surface area contributed by atoms with Crippen LogP contribution in [0.3, 0.4) is 0 Å². The summed E-state index contributed by atoms with van der Waals surface area (Å²) in [7, 11) is -2.87. The van der Waals surface area contributed by atoms with Gasteiger partial charge >= 0.3 is 8.25 Å². The van der Waals surface area contributed by atoms with E-state index in [-0.39, 0.29) is 0 Å².